The van der Waals surface area contributed by atoms with E-state index in [0.29, 0.717) is 5.02 Å². The fourth-order valence-electron chi connectivity index (χ4n) is 1.88. The summed E-state index contributed by atoms with van der Waals surface area (Å²) in [5, 5.41) is 6.26. The lowest BCUT2D eigenvalue weighted by molar-refractivity contribution is 0.262. The SMILES string of the molecule is CCc1ccc(NC(=O)Nc2ccc(Cl)cc2C)cc1. The number of hydrogen-bond acceptors (Lipinski definition) is 1. The maximum atomic E-state index is 11.9. The van der Waals surface area contributed by atoms with Crippen molar-refractivity contribution in [2.75, 3.05) is 10.6 Å². The number of carbonyl (C=O) groups excluding carboxylic acids is 1. The van der Waals surface area contributed by atoms with Gasteiger partial charge in [-0.2, -0.15) is 0 Å². The summed E-state index contributed by atoms with van der Waals surface area (Å²) < 4.78 is 0. The average molecular weight is 289 g/mol. The van der Waals surface area contributed by atoms with Crippen LogP contribution >= 0.6 is 11.6 Å². The number of rotatable bonds is 3. The lowest BCUT2D eigenvalue weighted by Gasteiger charge is -2.10. The molecule has 4 heteroatoms. The zero-order valence-corrected chi connectivity index (χ0v) is 12.3. The van der Waals surface area contributed by atoms with Crippen LogP contribution < -0.4 is 10.6 Å². The molecule has 2 rings (SSSR count). The quantitative estimate of drug-likeness (QED) is 0.832. The molecule has 0 atom stereocenters. The minimum absolute atomic E-state index is 0.264. The standard InChI is InChI=1S/C16H17ClN2O/c1-3-12-4-7-14(8-5-12)18-16(20)19-15-9-6-13(17)10-11(15)2/h4-10H,3H2,1-2H3,(H2,18,19,20). The lowest BCUT2D eigenvalue weighted by atomic mass is 10.1. The summed E-state index contributed by atoms with van der Waals surface area (Å²) in [5.41, 5.74) is 3.68. The predicted octanol–water partition coefficient (Wildman–Crippen LogP) is 4.85. The summed E-state index contributed by atoms with van der Waals surface area (Å²) in [6.45, 7) is 4.00. The van der Waals surface area contributed by atoms with E-state index in [2.05, 4.69) is 17.6 Å². The fourth-order valence-corrected chi connectivity index (χ4v) is 2.10. The van der Waals surface area contributed by atoms with Crippen LogP contribution in [0.2, 0.25) is 5.02 Å². The summed E-state index contributed by atoms with van der Waals surface area (Å²) >= 11 is 5.88. The Kier molecular flexibility index (Phi) is 4.64. The lowest BCUT2D eigenvalue weighted by Crippen LogP contribution is -2.19. The number of anilines is 2. The molecule has 0 bridgehead atoms. The molecule has 0 unspecified atom stereocenters. The first-order valence-electron chi connectivity index (χ1n) is 6.51. The maximum absolute atomic E-state index is 11.9. The summed E-state index contributed by atoms with van der Waals surface area (Å²) in [6.07, 6.45) is 0.983. The van der Waals surface area contributed by atoms with Gasteiger partial charge in [0.1, 0.15) is 0 Å². The molecule has 0 aliphatic carbocycles. The van der Waals surface area contributed by atoms with Crippen LogP contribution in [0.1, 0.15) is 18.1 Å². The van der Waals surface area contributed by atoms with Gasteiger partial charge in [-0.1, -0.05) is 30.7 Å². The van der Waals surface area contributed by atoms with Crippen LogP contribution in [0.4, 0.5) is 16.2 Å². The van der Waals surface area contributed by atoms with Crippen LogP contribution in [0.25, 0.3) is 0 Å². The molecule has 0 radical (unpaired) electrons. The molecule has 0 saturated carbocycles. The molecule has 2 aromatic carbocycles. The van der Waals surface area contributed by atoms with Crippen molar-refractivity contribution in [1.82, 2.24) is 0 Å². The third kappa shape index (κ3) is 3.75. The molecule has 20 heavy (non-hydrogen) atoms. The Morgan fingerprint density at radius 2 is 1.80 bits per heavy atom. The van der Waals surface area contributed by atoms with Crippen molar-refractivity contribution in [2.24, 2.45) is 0 Å². The van der Waals surface area contributed by atoms with Crippen molar-refractivity contribution < 1.29 is 4.79 Å². The van der Waals surface area contributed by atoms with Gasteiger partial charge in [0, 0.05) is 16.4 Å². The minimum Gasteiger partial charge on any atom is -0.308 e. The van der Waals surface area contributed by atoms with Gasteiger partial charge in [-0.3, -0.25) is 0 Å². The highest BCUT2D eigenvalue weighted by Gasteiger charge is 2.05. The van der Waals surface area contributed by atoms with E-state index in [-0.39, 0.29) is 6.03 Å². The molecule has 0 heterocycles. The summed E-state index contributed by atoms with van der Waals surface area (Å²) in [5.74, 6) is 0. The minimum atomic E-state index is -0.264. The van der Waals surface area contributed by atoms with E-state index in [1.165, 1.54) is 5.56 Å². The van der Waals surface area contributed by atoms with Crippen LogP contribution in [0.5, 0.6) is 0 Å². The molecule has 2 N–H and O–H groups in total. The fraction of sp³-hybridized carbons (Fsp3) is 0.188. The monoisotopic (exact) mass is 288 g/mol. The molecule has 0 saturated heterocycles. The molecular weight excluding hydrogens is 272 g/mol. The number of urea groups is 1. The number of carbonyl (C=O) groups is 1. The first-order chi connectivity index (χ1) is 9.58. The molecule has 0 fully saturated rings. The number of nitrogens with one attached hydrogen (secondary N) is 2. The third-order valence-corrected chi connectivity index (χ3v) is 3.29. The number of halogens is 1. The van der Waals surface area contributed by atoms with E-state index in [9.17, 15) is 4.79 Å². The van der Waals surface area contributed by atoms with Crippen LogP contribution in [-0.2, 0) is 6.42 Å². The Balaban J connectivity index is 2.01. The van der Waals surface area contributed by atoms with Crippen molar-refractivity contribution >= 4 is 29.0 Å². The van der Waals surface area contributed by atoms with Gasteiger partial charge in [-0.05, 0) is 54.8 Å². The second-order valence-electron chi connectivity index (χ2n) is 4.59. The van der Waals surface area contributed by atoms with Gasteiger partial charge in [0.2, 0.25) is 0 Å². The Labute approximate surface area is 124 Å². The smallest absolute Gasteiger partial charge is 0.308 e. The Morgan fingerprint density at radius 3 is 2.40 bits per heavy atom. The Morgan fingerprint density at radius 1 is 1.10 bits per heavy atom. The first kappa shape index (κ1) is 14.4. The summed E-state index contributed by atoms with van der Waals surface area (Å²) in [7, 11) is 0. The topological polar surface area (TPSA) is 41.1 Å². The summed E-state index contributed by atoms with van der Waals surface area (Å²) in [6, 6.07) is 12.9. The highest BCUT2D eigenvalue weighted by Crippen LogP contribution is 2.20. The van der Waals surface area contributed by atoms with Gasteiger partial charge in [0.25, 0.3) is 0 Å². The van der Waals surface area contributed by atoms with Gasteiger partial charge in [0.15, 0.2) is 0 Å². The van der Waals surface area contributed by atoms with E-state index >= 15 is 0 Å². The Bertz CT molecular complexity index is 608. The molecule has 0 aliphatic rings. The predicted molar refractivity (Wildman–Crippen MR) is 84.7 cm³/mol. The number of benzene rings is 2. The van der Waals surface area contributed by atoms with Crippen molar-refractivity contribution in [2.45, 2.75) is 20.3 Å². The van der Waals surface area contributed by atoms with Crippen LogP contribution in [-0.4, -0.2) is 6.03 Å². The van der Waals surface area contributed by atoms with E-state index in [0.717, 1.165) is 23.4 Å². The molecule has 0 aliphatic heterocycles. The van der Waals surface area contributed by atoms with Crippen molar-refractivity contribution in [1.29, 1.82) is 0 Å². The highest BCUT2D eigenvalue weighted by atomic mass is 35.5. The number of hydrogen-bond donors (Lipinski definition) is 2. The van der Waals surface area contributed by atoms with Crippen LogP contribution in [0.15, 0.2) is 42.5 Å². The van der Waals surface area contributed by atoms with Gasteiger partial charge in [-0.15, -0.1) is 0 Å². The zero-order valence-electron chi connectivity index (χ0n) is 11.5. The van der Waals surface area contributed by atoms with Gasteiger partial charge >= 0.3 is 6.03 Å². The molecule has 2 aromatic rings. The van der Waals surface area contributed by atoms with Crippen molar-refractivity contribution in [3.8, 4) is 0 Å². The highest BCUT2D eigenvalue weighted by molar-refractivity contribution is 6.30. The van der Waals surface area contributed by atoms with Gasteiger partial charge in [0.05, 0.1) is 0 Å². The molecule has 2 amide bonds. The average Bonchev–Trinajstić information content (AvgIpc) is 2.43. The van der Waals surface area contributed by atoms with Crippen LogP contribution in [0, 0.1) is 6.92 Å². The molecule has 0 spiro atoms. The molecular formula is C16H17ClN2O. The molecule has 104 valence electrons. The Hall–Kier alpha value is -2.00. The number of amides is 2. The van der Waals surface area contributed by atoms with Crippen molar-refractivity contribution in [3.05, 3.63) is 58.6 Å². The zero-order chi connectivity index (χ0) is 14.5. The third-order valence-electron chi connectivity index (χ3n) is 3.06. The maximum Gasteiger partial charge on any atom is 0.323 e. The van der Waals surface area contributed by atoms with E-state index in [4.69, 9.17) is 11.6 Å². The van der Waals surface area contributed by atoms with Crippen molar-refractivity contribution in [3.63, 3.8) is 0 Å². The van der Waals surface area contributed by atoms with E-state index in [1.807, 2.05) is 37.3 Å². The largest absolute Gasteiger partial charge is 0.323 e. The van der Waals surface area contributed by atoms with Crippen LogP contribution in [0.3, 0.4) is 0 Å². The van der Waals surface area contributed by atoms with E-state index in [1.54, 1.807) is 12.1 Å². The second-order valence-corrected chi connectivity index (χ2v) is 5.03. The molecule has 0 aromatic heterocycles. The van der Waals surface area contributed by atoms with E-state index < -0.39 is 0 Å². The van der Waals surface area contributed by atoms with Gasteiger partial charge in [-0.25, -0.2) is 4.79 Å². The molecule has 3 nitrogen and oxygen atoms in total. The normalized spacial score (nSPS) is 10.2. The van der Waals surface area contributed by atoms with Gasteiger partial charge < -0.3 is 10.6 Å². The second kappa shape index (κ2) is 6.44. The number of aryl methyl sites for hydroxylation is 2. The summed E-state index contributed by atoms with van der Waals surface area (Å²) in [4.78, 5) is 11.9. The first-order valence-corrected chi connectivity index (χ1v) is 6.89.